The fraction of sp³-hybridized carbons (Fsp3) is 0.480. The molecule has 3 aliphatic rings. The van der Waals surface area contributed by atoms with Crippen LogP contribution in [-0.2, 0) is 39.3 Å². The average Bonchev–Trinajstić information content (AvgIpc) is 3.56. The fourth-order valence-corrected chi connectivity index (χ4v) is 6.07. The molecule has 0 bridgehead atoms. The van der Waals surface area contributed by atoms with Crippen LogP contribution in [0.4, 0.5) is 0 Å². The Labute approximate surface area is 202 Å². The largest absolute Gasteiger partial charge is 0.485 e. The number of fused-ring (bicyclic) bond motifs is 4. The van der Waals surface area contributed by atoms with Crippen molar-refractivity contribution in [3.05, 3.63) is 46.5 Å². The molecule has 0 amide bonds. The first-order valence-electron chi connectivity index (χ1n) is 12.0. The maximum absolute atomic E-state index is 13.4. The first kappa shape index (κ1) is 21.6. The first-order valence-corrected chi connectivity index (χ1v) is 13.0. The molecular formula is C25H28N4O4S. The minimum Gasteiger partial charge on any atom is -0.485 e. The number of thioether (sulfide) groups is 1. The number of ether oxygens (including phenoxy) is 3. The van der Waals surface area contributed by atoms with Crippen molar-refractivity contribution in [3.8, 4) is 17.2 Å². The highest BCUT2D eigenvalue weighted by molar-refractivity contribution is 7.99. The van der Waals surface area contributed by atoms with Crippen molar-refractivity contribution in [1.82, 2.24) is 19.3 Å². The molecule has 2 aromatic heterocycles. The lowest BCUT2D eigenvalue weighted by molar-refractivity contribution is 0.0934. The van der Waals surface area contributed by atoms with Gasteiger partial charge in [-0.25, -0.2) is 0 Å². The Morgan fingerprint density at radius 2 is 1.71 bits per heavy atom. The van der Waals surface area contributed by atoms with Gasteiger partial charge in [0.25, 0.3) is 0 Å². The van der Waals surface area contributed by atoms with Crippen molar-refractivity contribution < 1.29 is 19.0 Å². The number of aromatic nitrogens is 4. The van der Waals surface area contributed by atoms with E-state index in [2.05, 4.69) is 14.8 Å². The molecule has 0 spiro atoms. The molecule has 0 radical (unpaired) electrons. The van der Waals surface area contributed by atoms with Crippen molar-refractivity contribution >= 4 is 17.7 Å². The normalized spacial score (nSPS) is 16.3. The Bertz CT molecular complexity index is 1210. The maximum atomic E-state index is 13.4. The number of rotatable bonds is 6. The monoisotopic (exact) mass is 480 g/mol. The van der Waals surface area contributed by atoms with Gasteiger partial charge in [0.05, 0.1) is 5.75 Å². The molecule has 1 aliphatic heterocycles. The van der Waals surface area contributed by atoms with Crippen LogP contribution >= 0.6 is 11.8 Å². The minimum atomic E-state index is 0.160. The molecule has 178 valence electrons. The number of nitrogens with zero attached hydrogens (tertiary/aromatic N) is 4. The summed E-state index contributed by atoms with van der Waals surface area (Å²) >= 11 is 1.44. The first-order chi connectivity index (χ1) is 16.7. The average molecular weight is 481 g/mol. The van der Waals surface area contributed by atoms with Crippen LogP contribution in [0.3, 0.4) is 0 Å². The second kappa shape index (κ2) is 9.02. The van der Waals surface area contributed by atoms with Crippen molar-refractivity contribution in [2.24, 2.45) is 7.05 Å². The van der Waals surface area contributed by atoms with E-state index in [1.807, 2.05) is 29.8 Å². The lowest BCUT2D eigenvalue weighted by Gasteiger charge is -2.16. The topological polar surface area (TPSA) is 80.4 Å². The lowest BCUT2D eigenvalue weighted by atomic mass is 9.89. The zero-order chi connectivity index (χ0) is 23.1. The maximum Gasteiger partial charge on any atom is 0.241 e. The zero-order valence-electron chi connectivity index (χ0n) is 19.3. The van der Waals surface area contributed by atoms with Gasteiger partial charge in [0.2, 0.25) is 12.7 Å². The van der Waals surface area contributed by atoms with Gasteiger partial charge in [0, 0.05) is 24.5 Å². The molecule has 0 unspecified atom stereocenters. The molecule has 0 fully saturated rings. The third kappa shape index (κ3) is 3.85. The van der Waals surface area contributed by atoms with Crippen LogP contribution in [0.5, 0.6) is 17.2 Å². The van der Waals surface area contributed by atoms with Crippen LogP contribution in [0.25, 0.3) is 0 Å². The third-order valence-electron chi connectivity index (χ3n) is 6.99. The van der Waals surface area contributed by atoms with Crippen molar-refractivity contribution in [1.29, 1.82) is 0 Å². The Balaban J connectivity index is 1.13. The van der Waals surface area contributed by atoms with E-state index < -0.39 is 0 Å². The SMILES string of the molecule is Cn1c(COc2ccc3c(c2)OCO3)nnc1SCC(=O)n1c2c(c3c1CCCC3)CCCC2. The summed E-state index contributed by atoms with van der Waals surface area (Å²) in [4.78, 5) is 13.4. The molecule has 0 atom stereocenters. The number of benzene rings is 1. The van der Waals surface area contributed by atoms with Gasteiger partial charge in [0.15, 0.2) is 22.5 Å². The molecule has 2 aliphatic carbocycles. The highest BCUT2D eigenvalue weighted by Crippen LogP contribution is 2.36. The summed E-state index contributed by atoms with van der Waals surface area (Å²) in [6.45, 7) is 0.506. The summed E-state index contributed by atoms with van der Waals surface area (Å²) in [5.74, 6) is 3.29. The number of carbonyl (C=O) groups is 1. The number of carbonyl (C=O) groups excluding carboxylic acids is 1. The molecule has 3 heterocycles. The van der Waals surface area contributed by atoms with Gasteiger partial charge in [-0.3, -0.25) is 9.36 Å². The smallest absolute Gasteiger partial charge is 0.241 e. The molecule has 0 saturated carbocycles. The van der Waals surface area contributed by atoms with E-state index in [9.17, 15) is 4.79 Å². The van der Waals surface area contributed by atoms with Crippen LogP contribution in [0.1, 0.15) is 58.8 Å². The van der Waals surface area contributed by atoms with Gasteiger partial charge in [-0.2, -0.15) is 0 Å². The quantitative estimate of drug-likeness (QED) is 0.491. The summed E-state index contributed by atoms with van der Waals surface area (Å²) in [5.41, 5.74) is 5.50. The van der Waals surface area contributed by atoms with Gasteiger partial charge < -0.3 is 18.8 Å². The number of hydrogen-bond donors (Lipinski definition) is 0. The van der Waals surface area contributed by atoms with Gasteiger partial charge >= 0.3 is 0 Å². The molecule has 0 saturated heterocycles. The molecule has 9 heteroatoms. The summed E-state index contributed by atoms with van der Waals surface area (Å²) in [7, 11) is 1.91. The second-order valence-electron chi connectivity index (χ2n) is 9.04. The third-order valence-corrected chi connectivity index (χ3v) is 8.00. The van der Waals surface area contributed by atoms with E-state index in [1.165, 1.54) is 60.0 Å². The molecule has 8 nitrogen and oxygen atoms in total. The second-order valence-corrected chi connectivity index (χ2v) is 9.99. The van der Waals surface area contributed by atoms with Crippen molar-refractivity contribution in [3.63, 3.8) is 0 Å². The van der Waals surface area contributed by atoms with Gasteiger partial charge in [-0.1, -0.05) is 11.8 Å². The molecule has 1 aromatic carbocycles. The Morgan fingerprint density at radius 1 is 1.00 bits per heavy atom. The molecule has 34 heavy (non-hydrogen) atoms. The lowest BCUT2D eigenvalue weighted by Crippen LogP contribution is -2.21. The van der Waals surface area contributed by atoms with E-state index in [0.29, 0.717) is 28.2 Å². The standard InChI is InChI=1S/C25H28N4O4S/c1-28-23(13-31-16-10-11-21-22(12-16)33-15-32-21)26-27-25(28)34-14-24(30)29-19-8-4-2-6-17(19)18-7-3-5-9-20(18)29/h10-12H,2-9,13-15H2,1H3. The van der Waals surface area contributed by atoms with E-state index >= 15 is 0 Å². The van der Waals surface area contributed by atoms with Crippen LogP contribution in [-0.4, -0.2) is 37.8 Å². The van der Waals surface area contributed by atoms with E-state index in [-0.39, 0.29) is 19.3 Å². The van der Waals surface area contributed by atoms with E-state index in [0.717, 1.165) is 31.4 Å². The molecule has 0 N–H and O–H groups in total. The van der Waals surface area contributed by atoms with Gasteiger partial charge in [-0.15, -0.1) is 10.2 Å². The predicted molar refractivity (Wildman–Crippen MR) is 127 cm³/mol. The van der Waals surface area contributed by atoms with Crippen LogP contribution in [0, 0.1) is 0 Å². The van der Waals surface area contributed by atoms with Crippen molar-refractivity contribution in [2.75, 3.05) is 12.5 Å². The molecular weight excluding hydrogens is 452 g/mol. The predicted octanol–water partition coefficient (Wildman–Crippen LogP) is 4.11. The Hall–Kier alpha value is -2.94. The minimum absolute atomic E-state index is 0.160. The Kier molecular flexibility index (Phi) is 5.72. The van der Waals surface area contributed by atoms with Gasteiger partial charge in [0.1, 0.15) is 12.4 Å². The fourth-order valence-electron chi connectivity index (χ4n) is 5.29. The van der Waals surface area contributed by atoms with E-state index in [1.54, 1.807) is 0 Å². The summed E-state index contributed by atoms with van der Waals surface area (Å²) in [6.07, 6.45) is 9.11. The highest BCUT2D eigenvalue weighted by Gasteiger charge is 2.29. The zero-order valence-corrected chi connectivity index (χ0v) is 20.2. The summed E-state index contributed by atoms with van der Waals surface area (Å²) in [5, 5.41) is 9.30. The van der Waals surface area contributed by atoms with Crippen molar-refractivity contribution in [2.45, 2.75) is 63.1 Å². The highest BCUT2D eigenvalue weighted by atomic mass is 32.2. The van der Waals surface area contributed by atoms with Gasteiger partial charge in [-0.05, 0) is 74.6 Å². The van der Waals surface area contributed by atoms with Crippen LogP contribution in [0.2, 0.25) is 0 Å². The Morgan fingerprint density at radius 3 is 2.47 bits per heavy atom. The summed E-state index contributed by atoms with van der Waals surface area (Å²) < 4.78 is 20.6. The molecule has 3 aromatic rings. The number of hydrogen-bond acceptors (Lipinski definition) is 7. The molecule has 6 rings (SSSR count). The summed E-state index contributed by atoms with van der Waals surface area (Å²) in [6, 6.07) is 5.49. The van der Waals surface area contributed by atoms with E-state index in [4.69, 9.17) is 14.2 Å². The van der Waals surface area contributed by atoms with Crippen LogP contribution in [0.15, 0.2) is 23.4 Å². The van der Waals surface area contributed by atoms with Crippen LogP contribution < -0.4 is 14.2 Å².